The molecule has 8 nitrogen and oxygen atoms in total. The van der Waals surface area contributed by atoms with Crippen molar-refractivity contribution in [3.63, 3.8) is 0 Å². The van der Waals surface area contributed by atoms with Crippen LogP contribution in [-0.4, -0.2) is 43.9 Å². The Hall–Kier alpha value is -3.39. The van der Waals surface area contributed by atoms with Gasteiger partial charge in [-0.3, -0.25) is 9.59 Å². The lowest BCUT2D eigenvalue weighted by molar-refractivity contribution is -0.120. The van der Waals surface area contributed by atoms with E-state index in [0.717, 1.165) is 23.2 Å². The fraction of sp³-hybridized carbons (Fsp3) is 0.348. The quantitative estimate of drug-likeness (QED) is 0.496. The second-order valence-corrected chi connectivity index (χ2v) is 7.98. The number of rotatable bonds is 5. The molecular weight excluding hydrogens is 394 g/mol. The third kappa shape index (κ3) is 3.14. The predicted molar refractivity (Wildman–Crippen MR) is 116 cm³/mol. The van der Waals surface area contributed by atoms with Gasteiger partial charge < -0.3 is 9.30 Å². The van der Waals surface area contributed by atoms with Crippen LogP contribution in [0, 0.1) is 5.92 Å². The summed E-state index contributed by atoms with van der Waals surface area (Å²) in [6.45, 7) is 2.55. The molecule has 0 bridgehead atoms. The van der Waals surface area contributed by atoms with Crippen LogP contribution in [0.15, 0.2) is 47.4 Å². The van der Waals surface area contributed by atoms with E-state index in [1.165, 1.54) is 4.57 Å². The number of Topliss-reactive ketones (excluding diaryl/α,β-unsaturated/α-hetero) is 1. The summed E-state index contributed by atoms with van der Waals surface area (Å²) in [7, 11) is 1.62. The molecule has 5 rings (SSSR count). The Morgan fingerprint density at radius 2 is 1.94 bits per heavy atom. The lowest BCUT2D eigenvalue weighted by Crippen LogP contribution is -2.28. The van der Waals surface area contributed by atoms with E-state index in [4.69, 9.17) is 9.84 Å². The van der Waals surface area contributed by atoms with Gasteiger partial charge in [0.2, 0.25) is 0 Å². The van der Waals surface area contributed by atoms with Gasteiger partial charge in [-0.1, -0.05) is 37.3 Å². The Labute approximate surface area is 178 Å². The third-order valence-corrected chi connectivity index (χ3v) is 6.03. The molecule has 0 aliphatic heterocycles. The number of hydrogen-bond acceptors (Lipinski definition) is 6. The van der Waals surface area contributed by atoms with Crippen LogP contribution in [0.5, 0.6) is 0 Å². The van der Waals surface area contributed by atoms with Gasteiger partial charge in [-0.2, -0.15) is 5.10 Å². The van der Waals surface area contributed by atoms with Gasteiger partial charge in [-0.15, -0.1) is 10.2 Å². The zero-order chi connectivity index (χ0) is 21.5. The number of ketones is 1. The number of carbonyl (C=O) groups is 1. The maximum atomic E-state index is 13.2. The first-order valence-corrected chi connectivity index (χ1v) is 10.5. The highest BCUT2D eigenvalue weighted by Crippen LogP contribution is 2.32. The molecule has 4 aromatic rings. The number of hydrogen-bond donors (Lipinski definition) is 0. The molecule has 0 N–H and O–H groups in total. The highest BCUT2D eigenvalue weighted by atomic mass is 16.5. The smallest absolute Gasteiger partial charge is 0.281 e. The minimum absolute atomic E-state index is 0.0521. The van der Waals surface area contributed by atoms with Crippen molar-refractivity contribution < 1.29 is 9.53 Å². The summed E-state index contributed by atoms with van der Waals surface area (Å²) in [6.07, 6.45) is 3.42. The summed E-state index contributed by atoms with van der Waals surface area (Å²) >= 11 is 0. The predicted octanol–water partition coefficient (Wildman–Crippen LogP) is 2.84. The number of nitrogens with zero attached hydrogens (tertiary/aromatic N) is 5. The molecule has 8 heteroatoms. The van der Waals surface area contributed by atoms with E-state index in [1.54, 1.807) is 23.9 Å². The zero-order valence-electron chi connectivity index (χ0n) is 17.5. The first-order valence-electron chi connectivity index (χ1n) is 10.5. The second kappa shape index (κ2) is 7.70. The Kier molecular flexibility index (Phi) is 4.86. The molecule has 3 heterocycles. The topological polar surface area (TPSA) is 91.4 Å². The maximum Gasteiger partial charge on any atom is 0.281 e. The van der Waals surface area contributed by atoms with Crippen molar-refractivity contribution in [2.24, 2.45) is 5.92 Å². The number of fused-ring (bicyclic) bond motifs is 3. The van der Waals surface area contributed by atoms with Gasteiger partial charge in [-0.25, -0.2) is 4.52 Å². The van der Waals surface area contributed by atoms with Crippen LogP contribution in [-0.2, 0) is 16.0 Å². The monoisotopic (exact) mass is 417 g/mol. The Morgan fingerprint density at radius 1 is 1.13 bits per heavy atom. The highest BCUT2D eigenvalue weighted by Gasteiger charge is 2.34. The van der Waals surface area contributed by atoms with Gasteiger partial charge in [0.15, 0.2) is 16.9 Å². The first kappa shape index (κ1) is 19.6. The van der Waals surface area contributed by atoms with E-state index >= 15 is 0 Å². The van der Waals surface area contributed by atoms with Crippen molar-refractivity contribution in [2.45, 2.75) is 32.2 Å². The molecule has 1 saturated carbocycles. The standard InChI is InChI=1S/C23H23N5O3/c1-3-16-20(15-7-5-4-6-8-15)22-25-24-21-17(28(22)26-16)9-10-27(23(21)30)18-11-14(13-31-2)12-19(18)29/h4-10,14,18H,3,11-13H2,1-2H3. The SMILES string of the molecule is CCc1nn2c(nnc3c(=O)n(C4CC(COC)CC4=O)ccc32)c1-c1ccccc1. The molecule has 1 aliphatic rings. The van der Waals surface area contributed by atoms with Gasteiger partial charge in [0.25, 0.3) is 5.56 Å². The maximum absolute atomic E-state index is 13.2. The average Bonchev–Trinajstić information content (AvgIpc) is 3.35. The molecule has 1 fully saturated rings. The van der Waals surface area contributed by atoms with E-state index in [0.29, 0.717) is 30.6 Å². The second-order valence-electron chi connectivity index (χ2n) is 7.98. The number of benzene rings is 1. The van der Waals surface area contributed by atoms with Crippen LogP contribution in [0.4, 0.5) is 0 Å². The zero-order valence-corrected chi connectivity index (χ0v) is 17.5. The van der Waals surface area contributed by atoms with Crippen molar-refractivity contribution in [3.05, 3.63) is 58.6 Å². The minimum atomic E-state index is -0.488. The summed E-state index contributed by atoms with van der Waals surface area (Å²) in [5.41, 5.74) is 3.92. The van der Waals surface area contributed by atoms with E-state index < -0.39 is 6.04 Å². The number of pyridine rings is 1. The van der Waals surface area contributed by atoms with E-state index in [2.05, 4.69) is 10.2 Å². The van der Waals surface area contributed by atoms with Crippen molar-refractivity contribution in [2.75, 3.05) is 13.7 Å². The summed E-state index contributed by atoms with van der Waals surface area (Å²) in [5.74, 6) is 0.182. The van der Waals surface area contributed by atoms with Gasteiger partial charge in [0.05, 0.1) is 17.3 Å². The van der Waals surface area contributed by atoms with Crippen molar-refractivity contribution in [1.29, 1.82) is 0 Å². The van der Waals surface area contributed by atoms with Gasteiger partial charge in [0.1, 0.15) is 5.52 Å². The largest absolute Gasteiger partial charge is 0.384 e. The molecule has 158 valence electrons. The number of carbonyl (C=O) groups excluding carboxylic acids is 1. The van der Waals surface area contributed by atoms with E-state index in [9.17, 15) is 9.59 Å². The molecular formula is C23H23N5O3. The molecule has 2 atom stereocenters. The summed E-state index contributed by atoms with van der Waals surface area (Å²) in [4.78, 5) is 25.8. The fourth-order valence-electron chi connectivity index (χ4n) is 4.58. The average molecular weight is 417 g/mol. The summed E-state index contributed by atoms with van der Waals surface area (Å²) < 4.78 is 8.38. The molecule has 3 aromatic heterocycles. The van der Waals surface area contributed by atoms with Gasteiger partial charge in [0, 0.05) is 26.3 Å². The molecule has 0 spiro atoms. The van der Waals surface area contributed by atoms with E-state index in [1.807, 2.05) is 37.3 Å². The molecule has 2 unspecified atom stereocenters. The Morgan fingerprint density at radius 3 is 2.68 bits per heavy atom. The lowest BCUT2D eigenvalue weighted by Gasteiger charge is -2.13. The normalized spacial score (nSPS) is 19.0. The molecule has 1 aliphatic carbocycles. The number of ether oxygens (including phenoxy) is 1. The van der Waals surface area contributed by atoms with Crippen LogP contribution in [0.3, 0.4) is 0 Å². The Balaban J connectivity index is 1.66. The highest BCUT2D eigenvalue weighted by molar-refractivity contribution is 5.86. The van der Waals surface area contributed by atoms with Crippen molar-refractivity contribution in [3.8, 4) is 11.1 Å². The number of aryl methyl sites for hydroxylation is 1. The molecule has 0 radical (unpaired) electrons. The molecule has 0 saturated heterocycles. The first-order chi connectivity index (χ1) is 15.1. The number of aromatic nitrogens is 5. The summed E-state index contributed by atoms with van der Waals surface area (Å²) in [5, 5.41) is 13.4. The minimum Gasteiger partial charge on any atom is -0.384 e. The van der Waals surface area contributed by atoms with E-state index in [-0.39, 0.29) is 22.8 Å². The van der Waals surface area contributed by atoms with Crippen LogP contribution < -0.4 is 5.56 Å². The van der Waals surface area contributed by atoms with Crippen LogP contribution >= 0.6 is 0 Å². The summed E-state index contributed by atoms with van der Waals surface area (Å²) in [6, 6.07) is 11.3. The number of methoxy groups -OCH3 is 1. The van der Waals surface area contributed by atoms with Crippen LogP contribution in [0.2, 0.25) is 0 Å². The lowest BCUT2D eigenvalue weighted by atomic mass is 10.0. The fourth-order valence-corrected chi connectivity index (χ4v) is 4.58. The molecule has 0 amide bonds. The van der Waals surface area contributed by atoms with Gasteiger partial charge >= 0.3 is 0 Å². The van der Waals surface area contributed by atoms with Crippen LogP contribution in [0.1, 0.15) is 31.5 Å². The molecule has 1 aromatic carbocycles. The van der Waals surface area contributed by atoms with Crippen molar-refractivity contribution in [1.82, 2.24) is 24.4 Å². The van der Waals surface area contributed by atoms with Crippen molar-refractivity contribution >= 4 is 22.5 Å². The Bertz CT molecular complexity index is 1340. The van der Waals surface area contributed by atoms with Gasteiger partial charge in [-0.05, 0) is 30.4 Å². The van der Waals surface area contributed by atoms with Crippen LogP contribution in [0.25, 0.3) is 27.8 Å². The molecule has 31 heavy (non-hydrogen) atoms. The third-order valence-electron chi connectivity index (χ3n) is 6.03.